The summed E-state index contributed by atoms with van der Waals surface area (Å²) in [5, 5.41) is 4.25. The molecule has 0 aliphatic heterocycles. The number of para-hydroxylation sites is 1. The normalized spacial score (nSPS) is 10.8. The molecule has 0 atom stereocenters. The van der Waals surface area contributed by atoms with Crippen molar-refractivity contribution in [2.75, 3.05) is 12.3 Å². The molecule has 1 N–H and O–H groups in total. The second-order valence-corrected chi connectivity index (χ2v) is 6.42. The van der Waals surface area contributed by atoms with Crippen LogP contribution in [0.4, 0.5) is 0 Å². The van der Waals surface area contributed by atoms with E-state index in [1.165, 1.54) is 10.9 Å². The van der Waals surface area contributed by atoms with Crippen molar-refractivity contribution in [1.82, 2.24) is 9.88 Å². The van der Waals surface area contributed by atoms with Crippen molar-refractivity contribution in [2.24, 2.45) is 0 Å². The van der Waals surface area contributed by atoms with Crippen LogP contribution in [0.3, 0.4) is 0 Å². The van der Waals surface area contributed by atoms with E-state index in [0.717, 1.165) is 17.9 Å². The fraction of sp³-hybridized carbons (Fsp3) is 0.211. The Balaban J connectivity index is 1.39. The topological polar surface area (TPSA) is 34.0 Å². The summed E-state index contributed by atoms with van der Waals surface area (Å²) in [6.45, 7) is 1.63. The van der Waals surface area contributed by atoms with E-state index >= 15 is 0 Å². The second-order valence-electron chi connectivity index (χ2n) is 5.37. The van der Waals surface area contributed by atoms with Crippen LogP contribution in [-0.2, 0) is 11.3 Å². The van der Waals surface area contributed by atoms with Gasteiger partial charge in [0.2, 0.25) is 5.91 Å². The Morgan fingerprint density at radius 2 is 1.78 bits per heavy atom. The first-order chi connectivity index (χ1) is 11.3. The molecule has 2 aromatic carbocycles. The van der Waals surface area contributed by atoms with E-state index in [2.05, 4.69) is 46.4 Å². The van der Waals surface area contributed by atoms with Gasteiger partial charge in [-0.1, -0.05) is 36.4 Å². The number of rotatable bonds is 7. The van der Waals surface area contributed by atoms with Gasteiger partial charge in [0.05, 0.1) is 5.75 Å². The van der Waals surface area contributed by atoms with E-state index in [4.69, 9.17) is 0 Å². The minimum absolute atomic E-state index is 0.0937. The summed E-state index contributed by atoms with van der Waals surface area (Å²) in [7, 11) is 0. The summed E-state index contributed by atoms with van der Waals surface area (Å²) in [6, 6.07) is 20.5. The van der Waals surface area contributed by atoms with Crippen LogP contribution in [0.25, 0.3) is 10.9 Å². The number of carbonyl (C=O) groups excluding carboxylic acids is 1. The Morgan fingerprint density at radius 1 is 1.00 bits per heavy atom. The summed E-state index contributed by atoms with van der Waals surface area (Å²) < 4.78 is 2.24. The fourth-order valence-electron chi connectivity index (χ4n) is 2.53. The number of aromatic nitrogens is 1. The zero-order valence-corrected chi connectivity index (χ0v) is 13.8. The van der Waals surface area contributed by atoms with Crippen molar-refractivity contribution in [3.8, 4) is 0 Å². The molecule has 0 unspecified atom stereocenters. The molecule has 3 rings (SSSR count). The monoisotopic (exact) mass is 324 g/mol. The lowest BCUT2D eigenvalue weighted by atomic mass is 10.2. The SMILES string of the molecule is O=C(CSc1ccccc1)NCCCn1ccc2ccccc21. The molecule has 3 aromatic rings. The highest BCUT2D eigenvalue weighted by molar-refractivity contribution is 8.00. The van der Waals surface area contributed by atoms with Crippen LogP contribution in [-0.4, -0.2) is 22.8 Å². The first-order valence-electron chi connectivity index (χ1n) is 7.81. The predicted octanol–water partition coefficient (Wildman–Crippen LogP) is 3.94. The van der Waals surface area contributed by atoms with E-state index in [1.54, 1.807) is 11.8 Å². The van der Waals surface area contributed by atoms with Gasteiger partial charge in [-0.2, -0.15) is 0 Å². The summed E-state index contributed by atoms with van der Waals surface area (Å²) in [5.41, 5.74) is 1.25. The molecule has 1 aromatic heterocycles. The number of carbonyl (C=O) groups is 1. The zero-order valence-electron chi connectivity index (χ0n) is 12.9. The Labute approximate surface area is 140 Å². The molecule has 4 heteroatoms. The summed E-state index contributed by atoms with van der Waals surface area (Å²) in [4.78, 5) is 13.0. The number of benzene rings is 2. The van der Waals surface area contributed by atoms with Gasteiger partial charge in [-0.3, -0.25) is 4.79 Å². The molecule has 0 saturated carbocycles. The van der Waals surface area contributed by atoms with Crippen LogP contribution in [0.1, 0.15) is 6.42 Å². The van der Waals surface area contributed by atoms with Crippen LogP contribution in [0, 0.1) is 0 Å². The number of hydrogen-bond donors (Lipinski definition) is 1. The van der Waals surface area contributed by atoms with Gasteiger partial charge in [0.1, 0.15) is 0 Å². The van der Waals surface area contributed by atoms with E-state index in [9.17, 15) is 4.79 Å². The molecular weight excluding hydrogens is 304 g/mol. The van der Waals surface area contributed by atoms with Crippen LogP contribution in [0.2, 0.25) is 0 Å². The van der Waals surface area contributed by atoms with Crippen molar-refractivity contribution in [3.05, 3.63) is 66.9 Å². The molecule has 0 aliphatic carbocycles. The van der Waals surface area contributed by atoms with Crippen molar-refractivity contribution >= 4 is 28.6 Å². The molecule has 0 fully saturated rings. The van der Waals surface area contributed by atoms with Gasteiger partial charge in [-0.05, 0) is 36.1 Å². The maximum Gasteiger partial charge on any atom is 0.230 e. The van der Waals surface area contributed by atoms with Gasteiger partial charge in [-0.15, -0.1) is 11.8 Å². The Hall–Kier alpha value is -2.20. The molecule has 0 bridgehead atoms. The molecule has 0 aliphatic rings. The maximum atomic E-state index is 11.9. The number of nitrogens with zero attached hydrogens (tertiary/aromatic N) is 1. The van der Waals surface area contributed by atoms with Gasteiger partial charge >= 0.3 is 0 Å². The molecule has 0 radical (unpaired) electrons. The lowest BCUT2D eigenvalue weighted by Gasteiger charge is -2.07. The van der Waals surface area contributed by atoms with Crippen LogP contribution >= 0.6 is 11.8 Å². The summed E-state index contributed by atoms with van der Waals surface area (Å²) >= 11 is 1.57. The maximum absolute atomic E-state index is 11.9. The molecule has 23 heavy (non-hydrogen) atoms. The Kier molecular flexibility index (Phi) is 5.37. The third kappa shape index (κ3) is 4.39. The molecule has 1 heterocycles. The van der Waals surface area contributed by atoms with Gasteiger partial charge in [0, 0.05) is 29.7 Å². The standard InChI is InChI=1S/C19H20N2OS/c22-19(15-23-17-8-2-1-3-9-17)20-12-6-13-21-14-11-16-7-4-5-10-18(16)21/h1-5,7-11,14H,6,12-13,15H2,(H,20,22). The van der Waals surface area contributed by atoms with Gasteiger partial charge in [0.15, 0.2) is 0 Å². The Bertz CT molecular complexity index is 767. The largest absolute Gasteiger partial charge is 0.355 e. The molecule has 0 spiro atoms. The summed E-state index contributed by atoms with van der Waals surface area (Å²) in [5.74, 6) is 0.562. The number of nitrogens with one attached hydrogen (secondary N) is 1. The average molecular weight is 324 g/mol. The lowest BCUT2D eigenvalue weighted by molar-refractivity contribution is -0.118. The van der Waals surface area contributed by atoms with E-state index in [-0.39, 0.29) is 5.91 Å². The molecule has 118 valence electrons. The summed E-state index contributed by atoms with van der Waals surface area (Å²) in [6.07, 6.45) is 3.04. The predicted molar refractivity (Wildman–Crippen MR) is 96.7 cm³/mol. The van der Waals surface area contributed by atoms with Crippen molar-refractivity contribution in [1.29, 1.82) is 0 Å². The Morgan fingerprint density at radius 3 is 2.65 bits per heavy atom. The highest BCUT2D eigenvalue weighted by atomic mass is 32.2. The molecular formula is C19H20N2OS. The number of fused-ring (bicyclic) bond motifs is 1. The zero-order chi connectivity index (χ0) is 15.9. The molecule has 1 amide bonds. The average Bonchev–Trinajstić information content (AvgIpc) is 3.01. The van der Waals surface area contributed by atoms with Crippen LogP contribution in [0.15, 0.2) is 71.8 Å². The first kappa shape index (κ1) is 15.7. The van der Waals surface area contributed by atoms with E-state index in [0.29, 0.717) is 12.3 Å². The molecule has 0 saturated heterocycles. The van der Waals surface area contributed by atoms with Crippen molar-refractivity contribution < 1.29 is 4.79 Å². The van der Waals surface area contributed by atoms with E-state index < -0.39 is 0 Å². The van der Waals surface area contributed by atoms with Gasteiger partial charge in [0.25, 0.3) is 0 Å². The van der Waals surface area contributed by atoms with Crippen molar-refractivity contribution in [2.45, 2.75) is 17.9 Å². The number of thioether (sulfide) groups is 1. The third-order valence-corrected chi connectivity index (χ3v) is 4.70. The minimum Gasteiger partial charge on any atom is -0.355 e. The van der Waals surface area contributed by atoms with Crippen molar-refractivity contribution in [3.63, 3.8) is 0 Å². The van der Waals surface area contributed by atoms with E-state index in [1.807, 2.05) is 30.3 Å². The van der Waals surface area contributed by atoms with Crippen LogP contribution in [0.5, 0.6) is 0 Å². The fourth-order valence-corrected chi connectivity index (χ4v) is 3.28. The number of amides is 1. The highest BCUT2D eigenvalue weighted by Crippen LogP contribution is 2.16. The molecule has 3 nitrogen and oxygen atoms in total. The third-order valence-electron chi connectivity index (χ3n) is 3.69. The number of aryl methyl sites for hydroxylation is 1. The second kappa shape index (κ2) is 7.88. The minimum atomic E-state index is 0.0937. The number of hydrogen-bond acceptors (Lipinski definition) is 2. The quantitative estimate of drug-likeness (QED) is 0.527. The lowest BCUT2D eigenvalue weighted by Crippen LogP contribution is -2.26. The van der Waals surface area contributed by atoms with Gasteiger partial charge < -0.3 is 9.88 Å². The van der Waals surface area contributed by atoms with Gasteiger partial charge in [-0.25, -0.2) is 0 Å². The highest BCUT2D eigenvalue weighted by Gasteiger charge is 2.03. The first-order valence-corrected chi connectivity index (χ1v) is 8.80. The smallest absolute Gasteiger partial charge is 0.230 e. The van der Waals surface area contributed by atoms with Crippen LogP contribution < -0.4 is 5.32 Å².